The van der Waals surface area contributed by atoms with E-state index in [0.717, 1.165) is 30.4 Å². The summed E-state index contributed by atoms with van der Waals surface area (Å²) in [7, 11) is 4.02. The molecule has 3 rings (SSSR count). The second-order valence-electron chi connectivity index (χ2n) is 7.08. The first-order valence-electron chi connectivity index (χ1n) is 9.33. The molecule has 0 radical (unpaired) electrons. The van der Waals surface area contributed by atoms with E-state index in [2.05, 4.69) is 58.9 Å². The number of hydrogen-bond acceptors (Lipinski definition) is 3. The Bertz CT molecular complexity index is 741. The Morgan fingerprint density at radius 3 is 2.48 bits per heavy atom. The van der Waals surface area contributed by atoms with Gasteiger partial charge in [-0.25, -0.2) is 9.98 Å². The van der Waals surface area contributed by atoms with Crippen LogP contribution in [0, 0.1) is 0 Å². The molecule has 6 heteroatoms. The summed E-state index contributed by atoms with van der Waals surface area (Å²) >= 11 is 0. The summed E-state index contributed by atoms with van der Waals surface area (Å²) in [5.41, 5.74) is 2.81. The van der Waals surface area contributed by atoms with Crippen LogP contribution in [-0.4, -0.2) is 38.1 Å². The van der Waals surface area contributed by atoms with Gasteiger partial charge in [0.05, 0.1) is 6.54 Å². The fourth-order valence-electron chi connectivity index (χ4n) is 3.23. The van der Waals surface area contributed by atoms with Crippen molar-refractivity contribution in [2.45, 2.75) is 31.7 Å². The number of guanidine groups is 1. The van der Waals surface area contributed by atoms with Crippen molar-refractivity contribution < 1.29 is 0 Å². The Morgan fingerprint density at radius 1 is 1.11 bits per heavy atom. The quantitative estimate of drug-likeness (QED) is 0.363. The van der Waals surface area contributed by atoms with E-state index in [1.807, 2.05) is 31.3 Å². The molecule has 0 amide bonds. The maximum absolute atomic E-state index is 4.78. The molecule has 1 aliphatic carbocycles. The zero-order valence-electron chi connectivity index (χ0n) is 16.4. The second kappa shape index (κ2) is 9.92. The van der Waals surface area contributed by atoms with Gasteiger partial charge in [-0.15, -0.1) is 24.0 Å². The molecule has 1 fully saturated rings. The van der Waals surface area contributed by atoms with Crippen LogP contribution in [0.25, 0.3) is 0 Å². The fourth-order valence-corrected chi connectivity index (χ4v) is 3.23. The molecule has 1 heterocycles. The molecule has 27 heavy (non-hydrogen) atoms. The van der Waals surface area contributed by atoms with E-state index >= 15 is 0 Å². The molecule has 0 atom stereocenters. The van der Waals surface area contributed by atoms with E-state index in [9.17, 15) is 0 Å². The van der Waals surface area contributed by atoms with E-state index < -0.39 is 0 Å². The van der Waals surface area contributed by atoms with E-state index in [1.54, 1.807) is 0 Å². The van der Waals surface area contributed by atoms with Crippen LogP contribution in [0.15, 0.2) is 53.7 Å². The van der Waals surface area contributed by atoms with Crippen LogP contribution in [0.5, 0.6) is 0 Å². The molecule has 0 aliphatic heterocycles. The van der Waals surface area contributed by atoms with Crippen LogP contribution in [0.1, 0.15) is 30.9 Å². The normalized spacial score (nSPS) is 14.9. The van der Waals surface area contributed by atoms with Gasteiger partial charge in [0.2, 0.25) is 0 Å². The van der Waals surface area contributed by atoms with Gasteiger partial charge in [-0.05, 0) is 31.4 Å². The van der Waals surface area contributed by atoms with Gasteiger partial charge < -0.3 is 15.5 Å². The Balaban J connectivity index is 0.00000261. The van der Waals surface area contributed by atoms with Gasteiger partial charge in [-0.3, -0.25) is 0 Å². The molecular formula is C21H30IN5. The maximum atomic E-state index is 4.78. The number of halogens is 1. The highest BCUT2D eigenvalue weighted by Gasteiger charge is 2.43. The molecule has 2 N–H and O–H groups in total. The molecular weight excluding hydrogens is 449 g/mol. The molecule has 1 aromatic carbocycles. The van der Waals surface area contributed by atoms with Crippen molar-refractivity contribution in [3.63, 3.8) is 0 Å². The molecule has 2 aromatic rings. The van der Waals surface area contributed by atoms with Crippen molar-refractivity contribution in [2.24, 2.45) is 4.99 Å². The number of pyridine rings is 1. The minimum atomic E-state index is 0. The lowest BCUT2D eigenvalue weighted by molar-refractivity contribution is 0.646. The lowest BCUT2D eigenvalue weighted by Gasteiger charge is -2.19. The molecule has 146 valence electrons. The van der Waals surface area contributed by atoms with Crippen molar-refractivity contribution in [1.82, 2.24) is 15.6 Å². The Hall–Kier alpha value is -1.83. The second-order valence-corrected chi connectivity index (χ2v) is 7.08. The average Bonchev–Trinajstić information content (AvgIpc) is 3.46. The van der Waals surface area contributed by atoms with E-state index in [0.29, 0.717) is 6.54 Å². The summed E-state index contributed by atoms with van der Waals surface area (Å²) in [5.74, 6) is 1.83. The number of aliphatic imine (C=N–C) groups is 1. The molecule has 0 spiro atoms. The largest absolute Gasteiger partial charge is 0.362 e. The van der Waals surface area contributed by atoms with Gasteiger partial charge in [0, 0.05) is 44.4 Å². The third-order valence-corrected chi connectivity index (χ3v) is 4.88. The third-order valence-electron chi connectivity index (χ3n) is 4.88. The smallest absolute Gasteiger partial charge is 0.191 e. The summed E-state index contributed by atoms with van der Waals surface area (Å²) in [6.07, 6.45) is 4.29. The number of nitrogens with zero attached hydrogens (tertiary/aromatic N) is 3. The topological polar surface area (TPSA) is 52.6 Å². The van der Waals surface area contributed by atoms with Gasteiger partial charge in [0.25, 0.3) is 0 Å². The number of nitrogens with one attached hydrogen (secondary N) is 2. The van der Waals surface area contributed by atoms with Gasteiger partial charge in [0.15, 0.2) is 5.96 Å². The van der Waals surface area contributed by atoms with Gasteiger partial charge in [-0.2, -0.15) is 0 Å². The molecule has 0 unspecified atom stereocenters. The monoisotopic (exact) mass is 479 g/mol. The number of benzene rings is 1. The van der Waals surface area contributed by atoms with Crippen LogP contribution >= 0.6 is 24.0 Å². The number of anilines is 1. The number of rotatable bonds is 7. The van der Waals surface area contributed by atoms with E-state index in [1.165, 1.54) is 18.4 Å². The zero-order chi connectivity index (χ0) is 18.4. The van der Waals surface area contributed by atoms with Crippen LogP contribution < -0.4 is 15.5 Å². The highest BCUT2D eigenvalue weighted by Crippen LogP contribution is 2.47. The summed E-state index contributed by atoms with van der Waals surface area (Å²) in [5, 5.41) is 6.90. The molecule has 1 aliphatic rings. The van der Waals surface area contributed by atoms with Gasteiger partial charge in [0.1, 0.15) is 5.82 Å². The SMILES string of the molecule is CCNC(=NCc1cccnc1N(C)C)NCC1(c2ccccc2)CC1.I. The minimum absolute atomic E-state index is 0. The Kier molecular flexibility index (Phi) is 7.89. The van der Waals surface area contributed by atoms with Crippen LogP contribution in [0.3, 0.4) is 0 Å². The first-order chi connectivity index (χ1) is 12.6. The first kappa shape index (κ1) is 21.5. The van der Waals surface area contributed by atoms with Crippen LogP contribution in [-0.2, 0) is 12.0 Å². The van der Waals surface area contributed by atoms with Crippen molar-refractivity contribution in [3.05, 3.63) is 59.8 Å². The van der Waals surface area contributed by atoms with Crippen LogP contribution in [0.4, 0.5) is 5.82 Å². The molecule has 1 saturated carbocycles. The molecule has 0 bridgehead atoms. The van der Waals surface area contributed by atoms with Crippen molar-refractivity contribution >= 4 is 35.8 Å². The maximum Gasteiger partial charge on any atom is 0.191 e. The highest BCUT2D eigenvalue weighted by molar-refractivity contribution is 14.0. The van der Waals surface area contributed by atoms with Gasteiger partial charge in [-0.1, -0.05) is 36.4 Å². The molecule has 5 nitrogen and oxygen atoms in total. The molecule has 0 saturated heterocycles. The van der Waals surface area contributed by atoms with E-state index in [-0.39, 0.29) is 29.4 Å². The zero-order valence-corrected chi connectivity index (χ0v) is 18.7. The molecule has 1 aromatic heterocycles. The highest BCUT2D eigenvalue weighted by atomic mass is 127. The number of aromatic nitrogens is 1. The standard InChI is InChI=1S/C21H29N5.HI/c1-4-22-20(24-15-17-9-8-14-23-19(17)26(2)3)25-16-21(12-13-21)18-10-6-5-7-11-18;/h5-11,14H,4,12-13,15-16H2,1-3H3,(H2,22,24,25);1H. The summed E-state index contributed by atoms with van der Waals surface area (Å²) in [6, 6.07) is 14.8. The first-order valence-corrected chi connectivity index (χ1v) is 9.33. The summed E-state index contributed by atoms with van der Waals surface area (Å²) in [4.78, 5) is 11.3. The average molecular weight is 479 g/mol. The number of hydrogen-bond donors (Lipinski definition) is 2. The van der Waals surface area contributed by atoms with Gasteiger partial charge >= 0.3 is 0 Å². The lowest BCUT2D eigenvalue weighted by Crippen LogP contribution is -2.41. The third kappa shape index (κ3) is 5.57. The summed E-state index contributed by atoms with van der Waals surface area (Å²) in [6.45, 7) is 4.46. The van der Waals surface area contributed by atoms with Crippen molar-refractivity contribution in [2.75, 3.05) is 32.1 Å². The van der Waals surface area contributed by atoms with E-state index in [4.69, 9.17) is 4.99 Å². The Labute approximate surface area is 179 Å². The fraction of sp³-hybridized carbons (Fsp3) is 0.429. The lowest BCUT2D eigenvalue weighted by atomic mass is 9.96. The minimum Gasteiger partial charge on any atom is -0.362 e. The van der Waals surface area contributed by atoms with Crippen molar-refractivity contribution in [3.8, 4) is 0 Å². The predicted molar refractivity (Wildman–Crippen MR) is 124 cm³/mol. The summed E-state index contributed by atoms with van der Waals surface area (Å²) < 4.78 is 0. The van der Waals surface area contributed by atoms with Crippen LogP contribution in [0.2, 0.25) is 0 Å². The van der Waals surface area contributed by atoms with Crippen molar-refractivity contribution in [1.29, 1.82) is 0 Å². The Morgan fingerprint density at radius 2 is 1.85 bits per heavy atom. The predicted octanol–water partition coefficient (Wildman–Crippen LogP) is 3.55.